The Morgan fingerprint density at radius 3 is 2.26 bits per heavy atom. The Labute approximate surface area is 158 Å². The number of hydrogen-bond acceptors (Lipinski definition) is 4. The SMILES string of the molecule is O=S1(=O)CC2(CCN([C@H]3CC[C@@H](c4ccnc(C(F)(F)F)c4)CC3)CC2)C1. The zero-order valence-electron chi connectivity index (χ0n) is 15.2. The van der Waals surface area contributed by atoms with Crippen LogP contribution in [0.4, 0.5) is 13.2 Å². The van der Waals surface area contributed by atoms with Gasteiger partial charge in [-0.2, -0.15) is 13.2 Å². The van der Waals surface area contributed by atoms with E-state index in [4.69, 9.17) is 0 Å². The molecule has 1 aliphatic carbocycles. The first-order chi connectivity index (χ1) is 12.7. The van der Waals surface area contributed by atoms with Crippen LogP contribution in [0.25, 0.3) is 0 Å². The number of likely N-dealkylation sites (tertiary alicyclic amines) is 1. The Kier molecular flexibility index (Phi) is 4.78. The Morgan fingerprint density at radius 1 is 1.07 bits per heavy atom. The number of rotatable bonds is 2. The molecule has 0 radical (unpaired) electrons. The van der Waals surface area contributed by atoms with E-state index in [9.17, 15) is 21.6 Å². The van der Waals surface area contributed by atoms with Crippen molar-refractivity contribution in [2.45, 2.75) is 56.7 Å². The maximum Gasteiger partial charge on any atom is 0.433 e. The van der Waals surface area contributed by atoms with Gasteiger partial charge in [0.1, 0.15) is 5.69 Å². The van der Waals surface area contributed by atoms with Crippen LogP contribution in [-0.4, -0.2) is 48.9 Å². The van der Waals surface area contributed by atoms with E-state index in [1.54, 1.807) is 6.07 Å². The topological polar surface area (TPSA) is 50.3 Å². The molecule has 1 aromatic heterocycles. The second-order valence-corrected chi connectivity index (χ2v) is 10.6. The monoisotopic (exact) mass is 402 g/mol. The molecule has 0 atom stereocenters. The summed E-state index contributed by atoms with van der Waals surface area (Å²) >= 11 is 0. The van der Waals surface area contributed by atoms with Gasteiger partial charge in [0.05, 0.1) is 11.5 Å². The molecule has 27 heavy (non-hydrogen) atoms. The van der Waals surface area contributed by atoms with Gasteiger partial charge in [-0.1, -0.05) is 0 Å². The lowest BCUT2D eigenvalue weighted by Gasteiger charge is -2.49. The zero-order valence-corrected chi connectivity index (χ0v) is 16.0. The highest BCUT2D eigenvalue weighted by Crippen LogP contribution is 2.44. The molecule has 3 heterocycles. The zero-order chi connectivity index (χ0) is 19.3. The summed E-state index contributed by atoms with van der Waals surface area (Å²) in [4.78, 5) is 5.93. The number of halogens is 3. The number of aromatic nitrogens is 1. The van der Waals surface area contributed by atoms with Crippen LogP contribution >= 0.6 is 0 Å². The summed E-state index contributed by atoms with van der Waals surface area (Å²) < 4.78 is 61.7. The molecule has 0 unspecified atom stereocenters. The van der Waals surface area contributed by atoms with Crippen molar-refractivity contribution in [2.75, 3.05) is 24.6 Å². The maximum absolute atomic E-state index is 12.9. The molecule has 8 heteroatoms. The summed E-state index contributed by atoms with van der Waals surface area (Å²) in [5.74, 6) is 0.868. The largest absolute Gasteiger partial charge is 0.433 e. The molecule has 4 nitrogen and oxygen atoms in total. The van der Waals surface area contributed by atoms with Crippen LogP contribution in [0.15, 0.2) is 18.3 Å². The molecule has 1 aromatic rings. The van der Waals surface area contributed by atoms with Gasteiger partial charge in [-0.25, -0.2) is 8.42 Å². The molecule has 1 spiro atoms. The number of piperidine rings is 1. The summed E-state index contributed by atoms with van der Waals surface area (Å²) in [5.41, 5.74) is -0.0376. The van der Waals surface area contributed by atoms with Crippen LogP contribution in [0, 0.1) is 5.41 Å². The standard InChI is InChI=1S/C19H25F3N2O2S/c20-19(21,22)17-11-15(5-8-23-17)14-1-3-16(4-2-14)24-9-6-18(7-10-24)12-27(25,26)13-18/h5,8,11,14,16H,1-4,6-7,9-10,12-13H2/t14-,16+. The third-order valence-electron chi connectivity index (χ3n) is 6.67. The van der Waals surface area contributed by atoms with Crippen molar-refractivity contribution >= 4 is 9.84 Å². The normalized spacial score (nSPS) is 30.8. The molecular weight excluding hydrogens is 377 g/mol. The van der Waals surface area contributed by atoms with Gasteiger partial charge in [-0.15, -0.1) is 0 Å². The molecule has 3 fully saturated rings. The van der Waals surface area contributed by atoms with Gasteiger partial charge in [-0.05, 0) is 75.2 Å². The molecular formula is C19H25F3N2O2S. The first-order valence-corrected chi connectivity index (χ1v) is 11.5. The second kappa shape index (κ2) is 6.72. The first kappa shape index (κ1) is 19.2. The lowest BCUT2D eigenvalue weighted by Crippen LogP contribution is -2.56. The summed E-state index contributed by atoms with van der Waals surface area (Å²) in [6.07, 6.45) is 2.52. The minimum Gasteiger partial charge on any atom is -0.300 e. The highest BCUT2D eigenvalue weighted by Gasteiger charge is 2.50. The fourth-order valence-electron chi connectivity index (χ4n) is 5.17. The van der Waals surface area contributed by atoms with Crippen LogP contribution in [0.5, 0.6) is 0 Å². The molecule has 2 saturated heterocycles. The molecule has 4 rings (SSSR count). The van der Waals surface area contributed by atoms with Gasteiger partial charge in [0, 0.05) is 17.7 Å². The molecule has 2 aliphatic heterocycles. The Morgan fingerprint density at radius 2 is 1.70 bits per heavy atom. The average Bonchev–Trinajstić information content (AvgIpc) is 2.60. The van der Waals surface area contributed by atoms with Gasteiger partial charge >= 0.3 is 6.18 Å². The van der Waals surface area contributed by atoms with Gasteiger partial charge in [0.25, 0.3) is 0 Å². The van der Waals surface area contributed by atoms with Crippen LogP contribution in [-0.2, 0) is 16.0 Å². The molecule has 0 amide bonds. The van der Waals surface area contributed by atoms with Crippen LogP contribution in [0.2, 0.25) is 0 Å². The van der Waals surface area contributed by atoms with Gasteiger partial charge in [-0.3, -0.25) is 4.98 Å². The summed E-state index contributed by atoms with van der Waals surface area (Å²) in [7, 11) is -2.79. The van der Waals surface area contributed by atoms with Crippen molar-refractivity contribution in [3.8, 4) is 0 Å². The minimum absolute atomic E-state index is 0.0254. The molecule has 0 bridgehead atoms. The van der Waals surface area contributed by atoms with E-state index in [2.05, 4.69) is 9.88 Å². The Balaban J connectivity index is 1.31. The highest BCUT2D eigenvalue weighted by atomic mass is 32.2. The highest BCUT2D eigenvalue weighted by molar-refractivity contribution is 7.92. The van der Waals surface area contributed by atoms with E-state index < -0.39 is 21.7 Å². The number of sulfone groups is 1. The lowest BCUT2D eigenvalue weighted by molar-refractivity contribution is -0.141. The fourth-order valence-corrected chi connectivity index (χ4v) is 7.53. The van der Waals surface area contributed by atoms with E-state index in [0.717, 1.165) is 57.2 Å². The third kappa shape index (κ3) is 4.01. The Hall–Kier alpha value is -1.15. The van der Waals surface area contributed by atoms with Crippen LogP contribution < -0.4 is 0 Å². The second-order valence-electron chi connectivity index (χ2n) is 8.55. The lowest BCUT2D eigenvalue weighted by atomic mass is 9.78. The van der Waals surface area contributed by atoms with Crippen molar-refractivity contribution in [1.29, 1.82) is 0 Å². The Bertz CT molecular complexity index is 779. The summed E-state index contributed by atoms with van der Waals surface area (Å²) in [5, 5.41) is 0. The van der Waals surface area contributed by atoms with E-state index in [-0.39, 0.29) is 11.3 Å². The van der Waals surface area contributed by atoms with Crippen LogP contribution in [0.1, 0.15) is 55.7 Å². The third-order valence-corrected chi connectivity index (χ3v) is 8.77. The van der Waals surface area contributed by atoms with Crippen molar-refractivity contribution in [2.24, 2.45) is 5.41 Å². The van der Waals surface area contributed by atoms with Crippen molar-refractivity contribution in [1.82, 2.24) is 9.88 Å². The van der Waals surface area contributed by atoms with Crippen molar-refractivity contribution in [3.05, 3.63) is 29.6 Å². The molecule has 1 saturated carbocycles. The average molecular weight is 402 g/mol. The minimum atomic E-state index is -4.40. The van der Waals surface area contributed by atoms with Crippen LogP contribution in [0.3, 0.4) is 0 Å². The fraction of sp³-hybridized carbons (Fsp3) is 0.737. The summed E-state index contributed by atoms with van der Waals surface area (Å²) in [6.45, 7) is 1.89. The molecule has 0 N–H and O–H groups in total. The van der Waals surface area contributed by atoms with Crippen molar-refractivity contribution < 1.29 is 21.6 Å². The smallest absolute Gasteiger partial charge is 0.300 e. The molecule has 0 aromatic carbocycles. The first-order valence-electron chi connectivity index (χ1n) is 9.64. The summed E-state index contributed by atoms with van der Waals surface area (Å²) in [6, 6.07) is 3.38. The van der Waals surface area contributed by atoms with Crippen molar-refractivity contribution in [3.63, 3.8) is 0 Å². The number of nitrogens with zero attached hydrogens (tertiary/aromatic N) is 2. The van der Waals surface area contributed by atoms with Gasteiger partial charge < -0.3 is 4.90 Å². The predicted molar refractivity (Wildman–Crippen MR) is 96.1 cm³/mol. The maximum atomic E-state index is 12.9. The predicted octanol–water partition coefficient (Wildman–Crippen LogP) is 3.64. The quantitative estimate of drug-likeness (QED) is 0.758. The van der Waals surface area contributed by atoms with E-state index in [1.807, 2.05) is 0 Å². The molecule has 150 valence electrons. The van der Waals surface area contributed by atoms with E-state index in [0.29, 0.717) is 17.5 Å². The molecule has 3 aliphatic rings. The van der Waals surface area contributed by atoms with E-state index >= 15 is 0 Å². The number of hydrogen-bond donors (Lipinski definition) is 0. The van der Waals surface area contributed by atoms with Gasteiger partial charge in [0.15, 0.2) is 9.84 Å². The van der Waals surface area contributed by atoms with E-state index in [1.165, 1.54) is 12.3 Å². The number of alkyl halides is 3. The number of pyridine rings is 1. The van der Waals surface area contributed by atoms with Gasteiger partial charge in [0.2, 0.25) is 0 Å².